The van der Waals surface area contributed by atoms with Crippen molar-refractivity contribution >= 4 is 27.3 Å². The standard InChI is InChI=1S/C20H17ClN2O2S/c21-17-11-5-4-10-16(17)20-22-18-12-6-7-13-19(18)26(24,25)23(20)14-15-8-2-1-3-9-15/h1-13,20,22H,14H2/t20-/m0/s1. The average Bonchev–Trinajstić information content (AvgIpc) is 2.65. The third kappa shape index (κ3) is 2.98. The van der Waals surface area contributed by atoms with Crippen LogP contribution >= 0.6 is 11.6 Å². The number of sulfonamides is 1. The summed E-state index contributed by atoms with van der Waals surface area (Å²) in [6.45, 7) is 0.250. The normalized spacial score (nSPS) is 18.7. The maximum Gasteiger partial charge on any atom is 0.247 e. The molecule has 3 aromatic rings. The minimum Gasteiger partial charge on any atom is -0.364 e. The second kappa shape index (κ2) is 6.76. The van der Waals surface area contributed by atoms with Crippen LogP contribution in [-0.2, 0) is 16.6 Å². The number of anilines is 1. The number of fused-ring (bicyclic) bond motifs is 1. The van der Waals surface area contributed by atoms with E-state index < -0.39 is 16.2 Å². The second-order valence-corrected chi connectivity index (χ2v) is 8.37. The molecule has 132 valence electrons. The Labute approximate surface area is 158 Å². The van der Waals surface area contributed by atoms with E-state index in [-0.39, 0.29) is 11.4 Å². The van der Waals surface area contributed by atoms with Gasteiger partial charge in [-0.3, -0.25) is 0 Å². The van der Waals surface area contributed by atoms with E-state index in [2.05, 4.69) is 5.32 Å². The van der Waals surface area contributed by atoms with Crippen LogP contribution in [0.3, 0.4) is 0 Å². The molecular weight excluding hydrogens is 368 g/mol. The van der Waals surface area contributed by atoms with E-state index in [1.165, 1.54) is 4.31 Å². The van der Waals surface area contributed by atoms with E-state index in [9.17, 15) is 8.42 Å². The minimum atomic E-state index is -3.68. The maximum atomic E-state index is 13.3. The monoisotopic (exact) mass is 384 g/mol. The van der Waals surface area contributed by atoms with Crippen molar-refractivity contribution in [3.8, 4) is 0 Å². The van der Waals surface area contributed by atoms with Gasteiger partial charge in [0.15, 0.2) is 0 Å². The molecule has 0 aromatic heterocycles. The summed E-state index contributed by atoms with van der Waals surface area (Å²) in [5, 5.41) is 3.87. The van der Waals surface area contributed by atoms with E-state index in [0.717, 1.165) is 11.1 Å². The number of nitrogens with one attached hydrogen (secondary N) is 1. The lowest BCUT2D eigenvalue weighted by atomic mass is 10.1. The van der Waals surface area contributed by atoms with Gasteiger partial charge in [0.25, 0.3) is 0 Å². The van der Waals surface area contributed by atoms with Crippen LogP contribution in [0.15, 0.2) is 83.8 Å². The van der Waals surface area contributed by atoms with Gasteiger partial charge in [0.05, 0.1) is 5.69 Å². The summed E-state index contributed by atoms with van der Waals surface area (Å²) in [5.74, 6) is 0. The Hall–Kier alpha value is -2.34. The minimum absolute atomic E-state index is 0.250. The van der Waals surface area contributed by atoms with Crippen molar-refractivity contribution in [1.29, 1.82) is 0 Å². The molecule has 0 bridgehead atoms. The Balaban J connectivity index is 1.86. The molecular formula is C20H17ClN2O2S. The molecule has 6 heteroatoms. The zero-order valence-electron chi connectivity index (χ0n) is 13.8. The second-order valence-electron chi connectivity index (χ2n) is 6.10. The van der Waals surface area contributed by atoms with Crippen molar-refractivity contribution in [2.75, 3.05) is 5.32 Å². The predicted octanol–water partition coefficient (Wildman–Crippen LogP) is 4.66. The topological polar surface area (TPSA) is 49.4 Å². The van der Waals surface area contributed by atoms with Crippen molar-refractivity contribution in [1.82, 2.24) is 4.31 Å². The van der Waals surface area contributed by atoms with Gasteiger partial charge in [0, 0.05) is 17.1 Å². The molecule has 0 spiro atoms. The molecule has 4 rings (SSSR count). The van der Waals surface area contributed by atoms with E-state index in [0.29, 0.717) is 10.7 Å². The van der Waals surface area contributed by atoms with Crippen LogP contribution < -0.4 is 5.32 Å². The number of rotatable bonds is 3. The molecule has 1 aliphatic rings. The molecule has 1 heterocycles. The first kappa shape index (κ1) is 17.1. The molecule has 26 heavy (non-hydrogen) atoms. The summed E-state index contributed by atoms with van der Waals surface area (Å²) in [6.07, 6.45) is -0.580. The van der Waals surface area contributed by atoms with Gasteiger partial charge >= 0.3 is 0 Å². The summed E-state index contributed by atoms with van der Waals surface area (Å²) < 4.78 is 28.2. The first-order valence-electron chi connectivity index (χ1n) is 8.23. The molecule has 1 aliphatic heterocycles. The van der Waals surface area contributed by atoms with Gasteiger partial charge in [-0.15, -0.1) is 0 Å². The zero-order valence-corrected chi connectivity index (χ0v) is 15.4. The summed E-state index contributed by atoms with van der Waals surface area (Å²) in [7, 11) is -3.68. The molecule has 0 fully saturated rings. The molecule has 0 aliphatic carbocycles. The van der Waals surface area contributed by atoms with E-state index in [4.69, 9.17) is 11.6 Å². The molecule has 0 unspecified atom stereocenters. The average molecular weight is 385 g/mol. The third-order valence-electron chi connectivity index (χ3n) is 4.43. The van der Waals surface area contributed by atoms with Crippen molar-refractivity contribution in [3.05, 3.63) is 95.0 Å². The van der Waals surface area contributed by atoms with Crippen LogP contribution in [-0.4, -0.2) is 12.7 Å². The van der Waals surface area contributed by atoms with Gasteiger partial charge in [-0.2, -0.15) is 4.31 Å². The molecule has 0 radical (unpaired) electrons. The van der Waals surface area contributed by atoms with Crippen LogP contribution in [0, 0.1) is 0 Å². The van der Waals surface area contributed by atoms with Crippen LogP contribution in [0.2, 0.25) is 5.02 Å². The highest BCUT2D eigenvalue weighted by Crippen LogP contribution is 2.40. The van der Waals surface area contributed by atoms with Crippen molar-refractivity contribution in [3.63, 3.8) is 0 Å². The lowest BCUT2D eigenvalue weighted by Gasteiger charge is -2.37. The largest absolute Gasteiger partial charge is 0.364 e. The van der Waals surface area contributed by atoms with Gasteiger partial charge < -0.3 is 5.32 Å². The van der Waals surface area contributed by atoms with Crippen LogP contribution in [0.5, 0.6) is 0 Å². The highest BCUT2D eigenvalue weighted by atomic mass is 35.5. The summed E-state index contributed by atoms with van der Waals surface area (Å²) in [5.41, 5.74) is 2.22. The number of hydrogen-bond donors (Lipinski definition) is 1. The van der Waals surface area contributed by atoms with Crippen molar-refractivity contribution in [2.45, 2.75) is 17.6 Å². The van der Waals surface area contributed by atoms with Gasteiger partial charge in [-0.05, 0) is 23.8 Å². The molecule has 1 atom stereocenters. The number of hydrogen-bond acceptors (Lipinski definition) is 3. The summed E-state index contributed by atoms with van der Waals surface area (Å²) in [6, 6.07) is 23.8. The maximum absolute atomic E-state index is 13.3. The Morgan fingerprint density at radius 3 is 2.31 bits per heavy atom. The fraction of sp³-hybridized carbons (Fsp3) is 0.100. The van der Waals surface area contributed by atoms with Gasteiger partial charge in [-0.1, -0.05) is 72.3 Å². The number of nitrogens with zero attached hydrogens (tertiary/aromatic N) is 1. The van der Waals surface area contributed by atoms with Crippen molar-refractivity contribution < 1.29 is 8.42 Å². The van der Waals surface area contributed by atoms with Gasteiger partial charge in [0.1, 0.15) is 11.1 Å². The highest BCUT2D eigenvalue weighted by molar-refractivity contribution is 7.89. The zero-order chi connectivity index (χ0) is 18.1. The molecule has 3 aromatic carbocycles. The van der Waals surface area contributed by atoms with Gasteiger partial charge in [-0.25, -0.2) is 8.42 Å². The predicted molar refractivity (Wildman–Crippen MR) is 103 cm³/mol. The van der Waals surface area contributed by atoms with Crippen LogP contribution in [0.1, 0.15) is 17.3 Å². The molecule has 0 saturated heterocycles. The Morgan fingerprint density at radius 2 is 1.54 bits per heavy atom. The fourth-order valence-corrected chi connectivity index (χ4v) is 5.07. The van der Waals surface area contributed by atoms with Crippen molar-refractivity contribution in [2.24, 2.45) is 0 Å². The number of benzene rings is 3. The van der Waals surface area contributed by atoms with Gasteiger partial charge in [0.2, 0.25) is 10.0 Å². The van der Waals surface area contributed by atoms with Crippen LogP contribution in [0.25, 0.3) is 0 Å². The quantitative estimate of drug-likeness (QED) is 0.714. The smallest absolute Gasteiger partial charge is 0.247 e. The van der Waals surface area contributed by atoms with E-state index >= 15 is 0 Å². The van der Waals surface area contributed by atoms with E-state index in [1.54, 1.807) is 24.3 Å². The lowest BCUT2D eigenvalue weighted by Crippen LogP contribution is -2.42. The number of halogens is 1. The lowest BCUT2D eigenvalue weighted by molar-refractivity contribution is 0.336. The molecule has 0 amide bonds. The summed E-state index contributed by atoms with van der Waals surface area (Å²) in [4.78, 5) is 0.277. The first-order chi connectivity index (χ1) is 12.6. The molecule has 1 N–H and O–H groups in total. The molecule has 0 saturated carbocycles. The number of para-hydroxylation sites is 1. The third-order valence-corrected chi connectivity index (χ3v) is 6.65. The Morgan fingerprint density at radius 1 is 0.885 bits per heavy atom. The van der Waals surface area contributed by atoms with E-state index in [1.807, 2.05) is 54.6 Å². The first-order valence-corrected chi connectivity index (χ1v) is 10.0. The SMILES string of the molecule is O=S1(=O)c2ccccc2N[C@H](c2ccccc2Cl)N1Cc1ccccc1. The molecule has 4 nitrogen and oxygen atoms in total. The summed E-state index contributed by atoms with van der Waals surface area (Å²) >= 11 is 6.38. The van der Waals surface area contributed by atoms with Crippen LogP contribution in [0.4, 0.5) is 5.69 Å². The fourth-order valence-electron chi connectivity index (χ4n) is 3.16. The Kier molecular flexibility index (Phi) is 4.44. The highest BCUT2D eigenvalue weighted by Gasteiger charge is 2.39. The Bertz CT molecular complexity index is 1040.